The van der Waals surface area contributed by atoms with Gasteiger partial charge in [0.2, 0.25) is 5.91 Å². The molecule has 0 bridgehead atoms. The van der Waals surface area contributed by atoms with Crippen LogP contribution in [0.15, 0.2) is 42.5 Å². The summed E-state index contributed by atoms with van der Waals surface area (Å²) in [5, 5.41) is 2.40. The van der Waals surface area contributed by atoms with Crippen LogP contribution in [-0.2, 0) is 17.6 Å². The van der Waals surface area contributed by atoms with Gasteiger partial charge in [0.25, 0.3) is 0 Å². The molecule has 2 atom stereocenters. The molecule has 0 aliphatic carbocycles. The second kappa shape index (κ2) is 10.8. The largest absolute Gasteiger partial charge is 0.496 e. The van der Waals surface area contributed by atoms with E-state index in [2.05, 4.69) is 57.0 Å². The van der Waals surface area contributed by atoms with E-state index in [-0.39, 0.29) is 18.1 Å². The highest BCUT2D eigenvalue weighted by Crippen LogP contribution is 2.34. The van der Waals surface area contributed by atoms with Crippen molar-refractivity contribution in [1.29, 1.82) is 0 Å². The zero-order valence-electron chi connectivity index (χ0n) is 22.6. The van der Waals surface area contributed by atoms with Gasteiger partial charge in [-0.1, -0.05) is 25.1 Å². The number of benzene rings is 3. The Labute approximate surface area is 214 Å². The Morgan fingerprint density at radius 2 is 1.61 bits per heavy atom. The third-order valence-corrected chi connectivity index (χ3v) is 7.76. The lowest BCUT2D eigenvalue weighted by Gasteiger charge is -2.40. The Balaban J connectivity index is 1.58. The summed E-state index contributed by atoms with van der Waals surface area (Å²) in [4.78, 5) is 17.9. The van der Waals surface area contributed by atoms with Crippen LogP contribution >= 0.6 is 0 Å². The summed E-state index contributed by atoms with van der Waals surface area (Å²) in [7, 11) is 7.11. The predicted molar refractivity (Wildman–Crippen MR) is 144 cm³/mol. The fraction of sp³-hybridized carbons (Fsp3) is 0.433. The number of ether oxygens (including phenoxy) is 3. The summed E-state index contributed by atoms with van der Waals surface area (Å²) < 4.78 is 16.5. The maximum Gasteiger partial charge on any atom is 0.228 e. The predicted octanol–water partition coefficient (Wildman–Crippen LogP) is 5.53. The topological polar surface area (TPSA) is 51.2 Å². The van der Waals surface area contributed by atoms with Crippen LogP contribution in [-0.4, -0.2) is 56.8 Å². The van der Waals surface area contributed by atoms with E-state index in [1.54, 1.807) is 21.3 Å². The van der Waals surface area contributed by atoms with Crippen molar-refractivity contribution in [3.63, 3.8) is 0 Å². The quantitative estimate of drug-likeness (QED) is 0.416. The zero-order valence-corrected chi connectivity index (χ0v) is 22.6. The number of hydrogen-bond acceptors (Lipinski definition) is 5. The van der Waals surface area contributed by atoms with Crippen LogP contribution in [0.25, 0.3) is 10.8 Å². The molecule has 0 spiro atoms. The van der Waals surface area contributed by atoms with E-state index in [1.165, 1.54) is 16.3 Å². The van der Waals surface area contributed by atoms with Gasteiger partial charge in [0.15, 0.2) is 11.5 Å². The summed E-state index contributed by atoms with van der Waals surface area (Å²) in [5.74, 6) is 2.43. The van der Waals surface area contributed by atoms with Gasteiger partial charge in [-0.05, 0) is 91.0 Å². The third-order valence-electron chi connectivity index (χ3n) is 7.76. The third kappa shape index (κ3) is 4.74. The van der Waals surface area contributed by atoms with Crippen molar-refractivity contribution >= 4 is 16.7 Å². The summed E-state index contributed by atoms with van der Waals surface area (Å²) in [6.07, 6.45) is 2.00. The highest BCUT2D eigenvalue weighted by Gasteiger charge is 2.31. The van der Waals surface area contributed by atoms with Crippen LogP contribution in [0, 0.1) is 6.92 Å². The monoisotopic (exact) mass is 490 g/mol. The van der Waals surface area contributed by atoms with Gasteiger partial charge in [-0.15, -0.1) is 0 Å². The normalized spacial score (nSPS) is 15.4. The molecule has 36 heavy (non-hydrogen) atoms. The van der Waals surface area contributed by atoms with Gasteiger partial charge < -0.3 is 19.1 Å². The first-order valence-corrected chi connectivity index (χ1v) is 12.6. The lowest BCUT2D eigenvalue weighted by molar-refractivity contribution is -0.137. The Bertz CT molecular complexity index is 1260. The lowest BCUT2D eigenvalue weighted by Crippen LogP contribution is -2.50. The van der Waals surface area contributed by atoms with Gasteiger partial charge in [0, 0.05) is 12.6 Å². The Morgan fingerprint density at radius 1 is 0.944 bits per heavy atom. The molecule has 1 aliphatic rings. The van der Waals surface area contributed by atoms with Gasteiger partial charge in [-0.2, -0.15) is 0 Å². The number of amides is 1. The molecule has 1 amide bonds. The van der Waals surface area contributed by atoms with Crippen molar-refractivity contribution in [2.45, 2.75) is 52.2 Å². The van der Waals surface area contributed by atoms with Crippen LogP contribution in [0.4, 0.5) is 0 Å². The lowest BCUT2D eigenvalue weighted by atomic mass is 9.98. The molecule has 1 aliphatic heterocycles. The zero-order chi connectivity index (χ0) is 26.0. The van der Waals surface area contributed by atoms with Crippen molar-refractivity contribution in [3.05, 3.63) is 64.7 Å². The van der Waals surface area contributed by atoms with E-state index < -0.39 is 0 Å². The number of carbonyl (C=O) groups is 1. The molecule has 0 aromatic heterocycles. The number of aryl methyl sites for hydroxylation is 1. The van der Waals surface area contributed by atoms with E-state index in [0.29, 0.717) is 24.5 Å². The Kier molecular flexibility index (Phi) is 7.74. The molecular formula is C30H38N2O4. The van der Waals surface area contributed by atoms with E-state index >= 15 is 0 Å². The number of methoxy groups -OCH3 is 3. The van der Waals surface area contributed by atoms with Crippen molar-refractivity contribution in [2.24, 2.45) is 0 Å². The molecule has 0 saturated carbocycles. The molecule has 0 radical (unpaired) electrons. The molecule has 192 valence electrons. The van der Waals surface area contributed by atoms with Crippen LogP contribution in [0.5, 0.6) is 17.2 Å². The summed E-state index contributed by atoms with van der Waals surface area (Å²) in [6, 6.07) is 14.9. The fourth-order valence-electron chi connectivity index (χ4n) is 5.49. The molecule has 1 heterocycles. The summed E-state index contributed by atoms with van der Waals surface area (Å²) in [6.45, 7) is 7.14. The Hall–Kier alpha value is -3.25. The molecule has 0 N–H and O–H groups in total. The number of rotatable bonds is 8. The minimum absolute atomic E-state index is 0.00102. The van der Waals surface area contributed by atoms with Gasteiger partial charge in [0.05, 0.1) is 33.9 Å². The average Bonchev–Trinajstić information content (AvgIpc) is 3.05. The van der Waals surface area contributed by atoms with Gasteiger partial charge in [-0.3, -0.25) is 9.69 Å². The molecular weight excluding hydrogens is 452 g/mol. The number of fused-ring (bicyclic) bond motifs is 2. The molecule has 2 unspecified atom stereocenters. The average molecular weight is 491 g/mol. The molecule has 0 saturated heterocycles. The first-order valence-electron chi connectivity index (χ1n) is 12.6. The molecule has 6 heteroatoms. The first-order chi connectivity index (χ1) is 17.3. The van der Waals surface area contributed by atoms with Crippen molar-refractivity contribution in [1.82, 2.24) is 9.80 Å². The minimum atomic E-state index is -0.00102. The van der Waals surface area contributed by atoms with Crippen LogP contribution in [0.1, 0.15) is 48.6 Å². The first kappa shape index (κ1) is 25.8. The van der Waals surface area contributed by atoms with Gasteiger partial charge in [-0.25, -0.2) is 0 Å². The Morgan fingerprint density at radius 3 is 2.25 bits per heavy atom. The molecule has 6 nitrogen and oxygen atoms in total. The molecule has 3 aromatic rings. The van der Waals surface area contributed by atoms with Crippen LogP contribution in [0.3, 0.4) is 0 Å². The second-order valence-electron chi connectivity index (χ2n) is 9.59. The van der Waals surface area contributed by atoms with Crippen LogP contribution in [0.2, 0.25) is 0 Å². The summed E-state index contributed by atoms with van der Waals surface area (Å²) in [5.41, 5.74) is 4.55. The second-order valence-corrected chi connectivity index (χ2v) is 9.59. The number of carbonyl (C=O) groups excluding carboxylic acids is 1. The van der Waals surface area contributed by atoms with Crippen molar-refractivity contribution in [3.8, 4) is 17.2 Å². The van der Waals surface area contributed by atoms with E-state index in [4.69, 9.17) is 14.2 Å². The molecule has 4 rings (SSSR count). The van der Waals surface area contributed by atoms with E-state index in [1.807, 2.05) is 23.1 Å². The highest BCUT2D eigenvalue weighted by molar-refractivity contribution is 5.88. The van der Waals surface area contributed by atoms with Gasteiger partial charge in [0.1, 0.15) is 5.75 Å². The number of nitrogens with zero attached hydrogens (tertiary/aromatic N) is 2. The highest BCUT2D eigenvalue weighted by atomic mass is 16.5. The van der Waals surface area contributed by atoms with Crippen molar-refractivity contribution in [2.75, 3.05) is 34.9 Å². The maximum absolute atomic E-state index is 13.5. The minimum Gasteiger partial charge on any atom is -0.496 e. The van der Waals surface area contributed by atoms with Crippen molar-refractivity contribution < 1.29 is 19.0 Å². The number of hydrogen-bond donors (Lipinski definition) is 0. The SMILES string of the molecule is CCC(N1CCc2cc(OC)c(OC)cc2CC1=O)N(C)C(C)c1ccc2c(C)c(OC)ccc2c1. The molecule has 3 aromatic carbocycles. The standard InChI is InChI=1S/C30H38N2O4/c1-8-29(32-14-13-22-16-27(35-6)28(36-7)17-24(22)18-30(32)33)31(4)20(3)21-9-11-25-19(2)26(34-5)12-10-23(25)15-21/h9-12,15-17,20,29H,8,13-14,18H2,1-7H3. The molecule has 0 fully saturated rings. The van der Waals surface area contributed by atoms with Crippen LogP contribution < -0.4 is 14.2 Å². The summed E-state index contributed by atoms with van der Waals surface area (Å²) >= 11 is 0. The smallest absolute Gasteiger partial charge is 0.228 e. The van der Waals surface area contributed by atoms with Gasteiger partial charge >= 0.3 is 0 Å². The maximum atomic E-state index is 13.5. The fourth-order valence-corrected chi connectivity index (χ4v) is 5.49. The van der Waals surface area contributed by atoms with E-state index in [9.17, 15) is 4.79 Å². The van der Waals surface area contributed by atoms with E-state index in [0.717, 1.165) is 35.3 Å².